The smallest absolute Gasteiger partial charge is 0.311 e. The molecule has 310 valence electrons. The van der Waals surface area contributed by atoms with Gasteiger partial charge < -0.3 is 28.4 Å². The summed E-state index contributed by atoms with van der Waals surface area (Å²) in [4.78, 5) is 14.1. The standard InChI is InChI=1S/C52H53ClO7/c1-3-56-44-28-24-38(25-29-44)32-43-33-42(27-31-46(43)53)47-49(57-34-39-18-10-5-11-19-39)51(59-36-41-22-14-7-15-23-41)50(58-35-40-20-12-6-13-21-40)48(60-47)45(52(54)55-2)30-26-37-16-8-4-9-17-37/h4-25,27-29,31,33,45,47-51H,3,26,30,32,34-36H2,1-2H3/t45?,47-,48+,49-,50+,51-/m0/s1. The van der Waals surface area contributed by atoms with Crippen LogP contribution in [0.15, 0.2) is 164 Å². The van der Waals surface area contributed by atoms with Gasteiger partial charge in [-0.25, -0.2) is 0 Å². The van der Waals surface area contributed by atoms with E-state index in [1.807, 2.05) is 140 Å². The largest absolute Gasteiger partial charge is 0.494 e. The van der Waals surface area contributed by atoms with Gasteiger partial charge in [0, 0.05) is 5.02 Å². The van der Waals surface area contributed by atoms with Crippen LogP contribution in [0.2, 0.25) is 5.02 Å². The van der Waals surface area contributed by atoms with E-state index in [9.17, 15) is 4.79 Å². The fourth-order valence-corrected chi connectivity index (χ4v) is 8.04. The number of esters is 1. The molecule has 0 aliphatic carbocycles. The summed E-state index contributed by atoms with van der Waals surface area (Å²) in [5, 5.41) is 0.637. The number of rotatable bonds is 19. The minimum absolute atomic E-state index is 0.270. The highest BCUT2D eigenvalue weighted by Gasteiger charge is 2.52. The van der Waals surface area contributed by atoms with Crippen LogP contribution < -0.4 is 4.74 Å². The number of halogens is 1. The molecule has 7 rings (SSSR count). The van der Waals surface area contributed by atoms with E-state index in [0.717, 1.165) is 44.7 Å². The van der Waals surface area contributed by atoms with Crippen molar-refractivity contribution >= 4 is 17.6 Å². The first-order chi connectivity index (χ1) is 29.5. The van der Waals surface area contributed by atoms with Crippen LogP contribution >= 0.6 is 11.6 Å². The first-order valence-corrected chi connectivity index (χ1v) is 21.1. The third-order valence-electron chi connectivity index (χ3n) is 10.9. The van der Waals surface area contributed by atoms with E-state index >= 15 is 0 Å². The van der Waals surface area contributed by atoms with Gasteiger partial charge in [-0.1, -0.05) is 157 Å². The van der Waals surface area contributed by atoms with Gasteiger partial charge in [0.15, 0.2) is 0 Å². The Morgan fingerprint density at radius 1 is 0.617 bits per heavy atom. The van der Waals surface area contributed by atoms with Crippen molar-refractivity contribution in [1.29, 1.82) is 0 Å². The van der Waals surface area contributed by atoms with Crippen LogP contribution in [-0.2, 0) is 61.1 Å². The zero-order valence-electron chi connectivity index (χ0n) is 34.2. The first kappa shape index (κ1) is 42.8. The molecule has 7 nitrogen and oxygen atoms in total. The van der Waals surface area contributed by atoms with Gasteiger partial charge in [0.25, 0.3) is 0 Å². The number of methoxy groups -OCH3 is 1. The summed E-state index contributed by atoms with van der Waals surface area (Å²) in [6.07, 6.45) is -1.87. The summed E-state index contributed by atoms with van der Waals surface area (Å²) >= 11 is 6.95. The highest BCUT2D eigenvalue weighted by atomic mass is 35.5. The molecule has 1 saturated heterocycles. The highest BCUT2D eigenvalue weighted by Crippen LogP contribution is 2.42. The minimum atomic E-state index is -0.780. The van der Waals surface area contributed by atoms with Gasteiger partial charge in [-0.05, 0) is 83.3 Å². The van der Waals surface area contributed by atoms with Crippen LogP contribution in [0.1, 0.15) is 58.4 Å². The van der Waals surface area contributed by atoms with Gasteiger partial charge in [0.05, 0.1) is 39.5 Å². The Balaban J connectivity index is 1.32. The zero-order valence-corrected chi connectivity index (χ0v) is 35.0. The van der Waals surface area contributed by atoms with E-state index in [0.29, 0.717) is 37.5 Å². The predicted octanol–water partition coefficient (Wildman–Crippen LogP) is 10.9. The van der Waals surface area contributed by atoms with Crippen molar-refractivity contribution in [3.63, 3.8) is 0 Å². The molecule has 0 radical (unpaired) electrons. The molecule has 6 aromatic rings. The predicted molar refractivity (Wildman–Crippen MR) is 235 cm³/mol. The molecule has 0 N–H and O–H groups in total. The molecule has 1 fully saturated rings. The number of benzene rings is 6. The van der Waals surface area contributed by atoms with Crippen LogP contribution in [0, 0.1) is 5.92 Å². The van der Waals surface area contributed by atoms with E-state index in [2.05, 4.69) is 30.3 Å². The lowest BCUT2D eigenvalue weighted by molar-refractivity contribution is -0.277. The molecular formula is C52H53ClO7. The molecule has 1 unspecified atom stereocenters. The highest BCUT2D eigenvalue weighted by molar-refractivity contribution is 6.31. The maximum absolute atomic E-state index is 14.1. The number of hydrogen-bond donors (Lipinski definition) is 0. The SMILES string of the molecule is CCOc1ccc(Cc2cc([C@@H]3O[C@H](C(CCc4ccccc4)C(=O)OC)[C@@H](OCc4ccccc4)[C@@H](OCc4ccccc4)[C@H]3OCc3ccccc3)ccc2Cl)cc1. The van der Waals surface area contributed by atoms with Crippen LogP contribution in [0.5, 0.6) is 5.75 Å². The van der Waals surface area contributed by atoms with Crippen molar-refractivity contribution in [2.45, 2.75) is 76.5 Å². The quantitative estimate of drug-likeness (QED) is 0.0753. The van der Waals surface area contributed by atoms with Crippen molar-refractivity contribution in [3.05, 3.63) is 208 Å². The average Bonchev–Trinajstić information content (AvgIpc) is 3.30. The zero-order chi connectivity index (χ0) is 41.5. The third kappa shape index (κ3) is 11.5. The maximum Gasteiger partial charge on any atom is 0.311 e. The Labute approximate surface area is 359 Å². The van der Waals surface area contributed by atoms with E-state index < -0.39 is 36.4 Å². The van der Waals surface area contributed by atoms with E-state index in [1.54, 1.807) is 0 Å². The molecule has 1 aliphatic heterocycles. The Morgan fingerprint density at radius 2 is 1.13 bits per heavy atom. The fourth-order valence-electron chi connectivity index (χ4n) is 7.86. The van der Waals surface area contributed by atoms with Crippen molar-refractivity contribution < 1.29 is 33.2 Å². The van der Waals surface area contributed by atoms with Crippen molar-refractivity contribution in [2.24, 2.45) is 5.92 Å². The summed E-state index contributed by atoms with van der Waals surface area (Å²) < 4.78 is 39.6. The Hall–Kier alpha value is -5.28. The number of ether oxygens (including phenoxy) is 6. The second-order valence-corrected chi connectivity index (χ2v) is 15.5. The van der Waals surface area contributed by atoms with Gasteiger partial charge in [-0.2, -0.15) is 0 Å². The lowest BCUT2D eigenvalue weighted by Crippen LogP contribution is -2.60. The maximum atomic E-state index is 14.1. The lowest BCUT2D eigenvalue weighted by atomic mass is 9.82. The Kier molecular flexibility index (Phi) is 15.6. The van der Waals surface area contributed by atoms with Crippen LogP contribution in [0.3, 0.4) is 0 Å². The van der Waals surface area contributed by atoms with Crippen molar-refractivity contribution in [3.8, 4) is 5.75 Å². The molecule has 6 aromatic carbocycles. The molecular weight excluding hydrogens is 772 g/mol. The summed E-state index contributed by atoms with van der Waals surface area (Å²) in [6.45, 7) is 3.43. The Bertz CT molecular complexity index is 2190. The summed E-state index contributed by atoms with van der Waals surface area (Å²) in [7, 11) is 1.43. The lowest BCUT2D eigenvalue weighted by Gasteiger charge is -2.48. The van der Waals surface area contributed by atoms with Crippen molar-refractivity contribution in [1.82, 2.24) is 0 Å². The minimum Gasteiger partial charge on any atom is -0.494 e. The molecule has 0 bridgehead atoms. The van der Waals surface area contributed by atoms with Crippen LogP contribution in [0.25, 0.3) is 0 Å². The molecule has 60 heavy (non-hydrogen) atoms. The monoisotopic (exact) mass is 824 g/mol. The van der Waals surface area contributed by atoms with Crippen LogP contribution in [0.4, 0.5) is 0 Å². The van der Waals surface area contributed by atoms with E-state index in [4.69, 9.17) is 40.0 Å². The molecule has 0 aromatic heterocycles. The fraction of sp³-hybridized carbons (Fsp3) is 0.288. The number of carbonyl (C=O) groups excluding carboxylic acids is 1. The van der Waals surface area contributed by atoms with Gasteiger partial charge in [0.2, 0.25) is 0 Å². The number of aryl methyl sites for hydroxylation is 1. The topological polar surface area (TPSA) is 72.5 Å². The Morgan fingerprint density at radius 3 is 1.67 bits per heavy atom. The molecule has 8 heteroatoms. The number of hydrogen-bond acceptors (Lipinski definition) is 7. The van der Waals surface area contributed by atoms with E-state index in [-0.39, 0.29) is 19.2 Å². The average molecular weight is 825 g/mol. The van der Waals surface area contributed by atoms with Crippen molar-refractivity contribution in [2.75, 3.05) is 13.7 Å². The summed E-state index contributed by atoms with van der Waals surface area (Å²) in [6, 6.07) is 54.3. The molecule has 1 heterocycles. The summed E-state index contributed by atoms with van der Waals surface area (Å²) in [5.41, 5.74) is 6.96. The normalized spacial score (nSPS) is 19.4. The molecule has 0 amide bonds. The summed E-state index contributed by atoms with van der Waals surface area (Å²) in [5.74, 6) is -0.257. The van der Waals surface area contributed by atoms with Gasteiger partial charge in [-0.3, -0.25) is 4.79 Å². The number of carbonyl (C=O) groups is 1. The van der Waals surface area contributed by atoms with Crippen LogP contribution in [-0.4, -0.2) is 44.1 Å². The first-order valence-electron chi connectivity index (χ1n) is 20.7. The van der Waals surface area contributed by atoms with Gasteiger partial charge in [-0.15, -0.1) is 0 Å². The molecule has 0 saturated carbocycles. The van der Waals surface area contributed by atoms with Gasteiger partial charge >= 0.3 is 5.97 Å². The molecule has 1 aliphatic rings. The molecule has 6 atom stereocenters. The van der Waals surface area contributed by atoms with Gasteiger partial charge in [0.1, 0.15) is 36.3 Å². The second-order valence-electron chi connectivity index (χ2n) is 15.1. The molecule has 0 spiro atoms. The van der Waals surface area contributed by atoms with E-state index in [1.165, 1.54) is 7.11 Å². The second kappa shape index (κ2) is 21.8. The third-order valence-corrected chi connectivity index (χ3v) is 11.3.